The van der Waals surface area contributed by atoms with Gasteiger partial charge in [0.25, 0.3) is 0 Å². The normalized spacial score (nSPS) is 19.1. The number of alkyl halides is 3. The van der Waals surface area contributed by atoms with Crippen molar-refractivity contribution in [2.24, 2.45) is 5.92 Å². The number of ether oxygens (including phenoxy) is 1. The molecule has 1 aliphatic heterocycles. The van der Waals surface area contributed by atoms with Crippen LogP contribution in [0.5, 0.6) is 5.75 Å². The number of hydrogen-bond acceptors (Lipinski definition) is 3. The highest BCUT2D eigenvalue weighted by Crippen LogP contribution is 2.31. The predicted molar refractivity (Wildman–Crippen MR) is 73.1 cm³/mol. The zero-order valence-corrected chi connectivity index (χ0v) is 12.0. The first kappa shape index (κ1) is 17.0. The second kappa shape index (κ2) is 7.28. The molecular formula is C15H19F4NO2. The van der Waals surface area contributed by atoms with E-state index in [-0.39, 0.29) is 5.82 Å². The van der Waals surface area contributed by atoms with Gasteiger partial charge in [0.05, 0.1) is 0 Å². The maximum Gasteiger partial charge on any atom is 0.414 e. The summed E-state index contributed by atoms with van der Waals surface area (Å²) in [6.07, 6.45) is -6.14. The second-order valence-corrected chi connectivity index (χ2v) is 5.47. The number of hydrogen-bond donors (Lipinski definition) is 1. The van der Waals surface area contributed by atoms with E-state index in [2.05, 4.69) is 0 Å². The van der Waals surface area contributed by atoms with E-state index in [0.717, 1.165) is 0 Å². The van der Waals surface area contributed by atoms with Crippen LogP contribution in [0.1, 0.15) is 12.8 Å². The molecule has 7 heteroatoms. The summed E-state index contributed by atoms with van der Waals surface area (Å²) in [6.45, 7) is 1.99. The lowest BCUT2D eigenvalue weighted by Crippen LogP contribution is -2.44. The lowest BCUT2D eigenvalue weighted by atomic mass is 9.91. The van der Waals surface area contributed by atoms with E-state index >= 15 is 0 Å². The molecule has 1 atom stereocenters. The molecule has 0 bridgehead atoms. The topological polar surface area (TPSA) is 32.7 Å². The van der Waals surface area contributed by atoms with Crippen LogP contribution in [-0.2, 0) is 0 Å². The van der Waals surface area contributed by atoms with E-state index in [4.69, 9.17) is 4.74 Å². The third-order valence-corrected chi connectivity index (χ3v) is 3.90. The molecule has 1 aromatic carbocycles. The monoisotopic (exact) mass is 321 g/mol. The average Bonchev–Trinajstić information content (AvgIpc) is 2.48. The number of benzene rings is 1. The molecule has 22 heavy (non-hydrogen) atoms. The summed E-state index contributed by atoms with van der Waals surface area (Å²) in [7, 11) is 0. The third-order valence-electron chi connectivity index (χ3n) is 3.90. The molecule has 1 N–H and O–H groups in total. The molecular weight excluding hydrogens is 302 g/mol. The van der Waals surface area contributed by atoms with Crippen LogP contribution in [0.3, 0.4) is 0 Å². The predicted octanol–water partition coefficient (Wildman–Crippen LogP) is 2.84. The van der Waals surface area contributed by atoms with Gasteiger partial charge in [0.2, 0.25) is 0 Å². The van der Waals surface area contributed by atoms with E-state index in [1.807, 2.05) is 4.90 Å². The Morgan fingerprint density at radius 1 is 1.18 bits per heavy atom. The number of aliphatic hydroxyl groups is 1. The molecule has 1 unspecified atom stereocenters. The molecule has 0 radical (unpaired) electrons. The molecule has 0 aliphatic carbocycles. The second-order valence-electron chi connectivity index (χ2n) is 5.47. The summed E-state index contributed by atoms with van der Waals surface area (Å²) >= 11 is 0. The molecule has 1 fully saturated rings. The van der Waals surface area contributed by atoms with Gasteiger partial charge in [0.1, 0.15) is 18.2 Å². The third kappa shape index (κ3) is 4.84. The van der Waals surface area contributed by atoms with Gasteiger partial charge in [-0.3, -0.25) is 4.90 Å². The lowest BCUT2D eigenvalue weighted by Gasteiger charge is -2.34. The number of likely N-dealkylation sites (tertiary alicyclic amines) is 1. The Kier molecular flexibility index (Phi) is 5.63. The van der Waals surface area contributed by atoms with Crippen molar-refractivity contribution in [3.05, 3.63) is 30.1 Å². The quantitative estimate of drug-likeness (QED) is 0.847. The van der Waals surface area contributed by atoms with Gasteiger partial charge in [-0.1, -0.05) is 0 Å². The molecule has 3 nitrogen and oxygen atoms in total. The Morgan fingerprint density at radius 2 is 1.77 bits per heavy atom. The lowest BCUT2D eigenvalue weighted by molar-refractivity contribution is -0.223. The van der Waals surface area contributed by atoms with Gasteiger partial charge in [0.15, 0.2) is 6.10 Å². The van der Waals surface area contributed by atoms with Crippen molar-refractivity contribution < 1.29 is 27.4 Å². The van der Waals surface area contributed by atoms with Crippen molar-refractivity contribution in [2.75, 3.05) is 26.2 Å². The van der Waals surface area contributed by atoms with Gasteiger partial charge < -0.3 is 9.84 Å². The van der Waals surface area contributed by atoms with Crippen LogP contribution in [0.2, 0.25) is 0 Å². The molecule has 0 saturated carbocycles. The summed E-state index contributed by atoms with van der Waals surface area (Å²) in [6, 6.07) is 5.67. The van der Waals surface area contributed by atoms with Crippen LogP contribution in [0.4, 0.5) is 17.6 Å². The van der Waals surface area contributed by atoms with E-state index < -0.39 is 18.2 Å². The van der Waals surface area contributed by atoms with E-state index in [9.17, 15) is 22.7 Å². The summed E-state index contributed by atoms with van der Waals surface area (Å²) < 4.78 is 55.5. The average molecular weight is 321 g/mol. The summed E-state index contributed by atoms with van der Waals surface area (Å²) in [5.41, 5.74) is 0. The largest absolute Gasteiger partial charge is 0.492 e. The zero-order chi connectivity index (χ0) is 16.2. The molecule has 1 aliphatic rings. The van der Waals surface area contributed by atoms with Crippen molar-refractivity contribution >= 4 is 0 Å². The smallest absolute Gasteiger partial charge is 0.414 e. The first-order valence-corrected chi connectivity index (χ1v) is 7.22. The maximum absolute atomic E-state index is 12.7. The SMILES string of the molecule is OC(C1CCN(CCOc2ccc(F)cc2)CC1)C(F)(F)F. The number of rotatable bonds is 5. The number of nitrogens with zero attached hydrogens (tertiary/aromatic N) is 1. The fourth-order valence-electron chi connectivity index (χ4n) is 2.58. The maximum atomic E-state index is 12.7. The van der Waals surface area contributed by atoms with Gasteiger partial charge >= 0.3 is 6.18 Å². The van der Waals surface area contributed by atoms with Crippen molar-refractivity contribution in [1.29, 1.82) is 0 Å². The van der Waals surface area contributed by atoms with Crippen molar-refractivity contribution in [3.8, 4) is 5.75 Å². The fraction of sp³-hybridized carbons (Fsp3) is 0.600. The zero-order valence-electron chi connectivity index (χ0n) is 12.0. The minimum Gasteiger partial charge on any atom is -0.492 e. The van der Waals surface area contributed by atoms with Gasteiger partial charge in [-0.15, -0.1) is 0 Å². The Bertz CT molecular complexity index is 456. The molecule has 1 heterocycles. The van der Waals surface area contributed by atoms with Crippen LogP contribution in [0, 0.1) is 11.7 Å². The molecule has 124 valence electrons. The molecule has 0 aromatic heterocycles. The minimum absolute atomic E-state index is 0.317. The highest BCUT2D eigenvalue weighted by Gasteiger charge is 2.44. The number of piperidine rings is 1. The molecule has 0 amide bonds. The van der Waals surface area contributed by atoms with E-state index in [0.29, 0.717) is 44.8 Å². The summed E-state index contributed by atoms with van der Waals surface area (Å²) in [4.78, 5) is 2.00. The van der Waals surface area contributed by atoms with Crippen molar-refractivity contribution in [3.63, 3.8) is 0 Å². The minimum atomic E-state index is -4.54. The Morgan fingerprint density at radius 3 is 2.32 bits per heavy atom. The Labute approximate surface area is 126 Å². The highest BCUT2D eigenvalue weighted by atomic mass is 19.4. The summed E-state index contributed by atoms with van der Waals surface area (Å²) in [5, 5.41) is 9.25. The van der Waals surface area contributed by atoms with Gasteiger partial charge in [-0.05, 0) is 56.1 Å². The Hall–Kier alpha value is -1.34. The van der Waals surface area contributed by atoms with Crippen molar-refractivity contribution in [2.45, 2.75) is 25.1 Å². The summed E-state index contributed by atoms with van der Waals surface area (Å²) in [5.74, 6) is -0.504. The van der Waals surface area contributed by atoms with Gasteiger partial charge in [0, 0.05) is 6.54 Å². The van der Waals surface area contributed by atoms with Crippen LogP contribution in [-0.4, -0.2) is 48.5 Å². The van der Waals surface area contributed by atoms with Crippen LogP contribution in [0.15, 0.2) is 24.3 Å². The van der Waals surface area contributed by atoms with Crippen LogP contribution in [0.25, 0.3) is 0 Å². The fourth-order valence-corrected chi connectivity index (χ4v) is 2.58. The van der Waals surface area contributed by atoms with Crippen LogP contribution < -0.4 is 4.74 Å². The van der Waals surface area contributed by atoms with E-state index in [1.54, 1.807) is 0 Å². The van der Waals surface area contributed by atoms with E-state index in [1.165, 1.54) is 24.3 Å². The number of aliphatic hydroxyl groups excluding tert-OH is 1. The number of halogens is 4. The molecule has 1 aromatic rings. The van der Waals surface area contributed by atoms with Gasteiger partial charge in [-0.25, -0.2) is 4.39 Å². The van der Waals surface area contributed by atoms with Gasteiger partial charge in [-0.2, -0.15) is 13.2 Å². The van der Waals surface area contributed by atoms with Crippen LogP contribution >= 0.6 is 0 Å². The highest BCUT2D eigenvalue weighted by molar-refractivity contribution is 5.21. The first-order valence-electron chi connectivity index (χ1n) is 7.22. The first-order chi connectivity index (χ1) is 10.4. The molecule has 2 rings (SSSR count). The van der Waals surface area contributed by atoms with Crippen molar-refractivity contribution in [1.82, 2.24) is 4.90 Å². The molecule has 0 spiro atoms. The standard InChI is InChI=1S/C15H19F4NO2/c16-12-1-3-13(4-2-12)22-10-9-20-7-5-11(6-8-20)14(21)15(17,18)19/h1-4,11,14,21H,5-10H2. The Balaban J connectivity index is 1.68. The molecule has 1 saturated heterocycles.